The minimum atomic E-state index is -0.729. The first-order chi connectivity index (χ1) is 16.3. The Bertz CT molecular complexity index is 1260. The Labute approximate surface area is 198 Å². The van der Waals surface area contributed by atoms with E-state index in [1.165, 1.54) is 0 Å². The van der Waals surface area contributed by atoms with Crippen LogP contribution in [0.25, 0.3) is 10.8 Å². The maximum atomic E-state index is 12.2. The van der Waals surface area contributed by atoms with Gasteiger partial charge in [-0.25, -0.2) is 9.78 Å². The SMILES string of the molecule is COC[C@@](C)(N)c1cnc(OC2CC2)c2cnc(Cc3ccc4c(n3)[C@@H](C)[C@@H](C)OC4=O)cc12. The second kappa shape index (κ2) is 8.60. The van der Waals surface area contributed by atoms with Crippen LogP contribution < -0.4 is 10.5 Å². The average molecular weight is 463 g/mol. The lowest BCUT2D eigenvalue weighted by Gasteiger charge is -2.27. The van der Waals surface area contributed by atoms with Crippen LogP contribution in [0.4, 0.5) is 0 Å². The Morgan fingerprint density at radius 2 is 1.94 bits per heavy atom. The van der Waals surface area contributed by atoms with Crippen LogP contribution in [0.15, 0.2) is 30.6 Å². The summed E-state index contributed by atoms with van der Waals surface area (Å²) in [5.41, 5.74) is 9.77. The molecule has 8 nitrogen and oxygen atoms in total. The fourth-order valence-electron chi connectivity index (χ4n) is 4.40. The zero-order chi connectivity index (χ0) is 24.0. The van der Waals surface area contributed by atoms with Crippen molar-refractivity contribution in [2.24, 2.45) is 5.73 Å². The molecule has 0 bridgehead atoms. The fraction of sp³-hybridized carbons (Fsp3) is 0.462. The number of nitrogens with two attached hydrogens (primary N) is 1. The van der Waals surface area contributed by atoms with Crippen LogP contribution in [-0.2, 0) is 21.4 Å². The Hall–Kier alpha value is -3.10. The Morgan fingerprint density at radius 3 is 2.68 bits per heavy atom. The molecule has 2 N–H and O–H groups in total. The number of pyridine rings is 3. The van der Waals surface area contributed by atoms with Gasteiger partial charge >= 0.3 is 5.97 Å². The van der Waals surface area contributed by atoms with Crippen LogP contribution in [0.2, 0.25) is 0 Å². The first-order valence-electron chi connectivity index (χ1n) is 11.7. The monoisotopic (exact) mass is 462 g/mol. The van der Waals surface area contributed by atoms with E-state index in [1.54, 1.807) is 19.4 Å². The number of carbonyl (C=O) groups is 1. The lowest BCUT2D eigenvalue weighted by molar-refractivity contribution is 0.0234. The van der Waals surface area contributed by atoms with Crippen LogP contribution in [0.5, 0.6) is 5.88 Å². The average Bonchev–Trinajstić information content (AvgIpc) is 3.61. The smallest absolute Gasteiger partial charge is 0.340 e. The third-order valence-corrected chi connectivity index (χ3v) is 6.65. The molecule has 8 heteroatoms. The van der Waals surface area contributed by atoms with Gasteiger partial charge in [0, 0.05) is 48.8 Å². The summed E-state index contributed by atoms with van der Waals surface area (Å²) >= 11 is 0. The van der Waals surface area contributed by atoms with E-state index < -0.39 is 5.54 Å². The summed E-state index contributed by atoms with van der Waals surface area (Å²) in [6, 6.07) is 5.70. The molecule has 0 spiro atoms. The second-order valence-electron chi connectivity index (χ2n) is 9.68. The van der Waals surface area contributed by atoms with Crippen molar-refractivity contribution in [2.75, 3.05) is 13.7 Å². The summed E-state index contributed by atoms with van der Waals surface area (Å²) in [6.45, 7) is 6.20. The van der Waals surface area contributed by atoms with Gasteiger partial charge in [0.15, 0.2) is 0 Å². The number of methoxy groups -OCH3 is 1. The number of cyclic esters (lactones) is 1. The molecule has 1 aliphatic carbocycles. The van der Waals surface area contributed by atoms with Crippen molar-refractivity contribution in [1.29, 1.82) is 0 Å². The minimum Gasteiger partial charge on any atom is -0.474 e. The van der Waals surface area contributed by atoms with Gasteiger partial charge in [-0.05, 0) is 50.3 Å². The number of nitrogens with zero attached hydrogens (tertiary/aromatic N) is 3. The van der Waals surface area contributed by atoms with Crippen molar-refractivity contribution in [3.63, 3.8) is 0 Å². The van der Waals surface area contributed by atoms with Crippen molar-refractivity contribution in [1.82, 2.24) is 15.0 Å². The van der Waals surface area contributed by atoms with Gasteiger partial charge in [-0.3, -0.25) is 9.97 Å². The Morgan fingerprint density at radius 1 is 1.15 bits per heavy atom. The van der Waals surface area contributed by atoms with Crippen molar-refractivity contribution >= 4 is 16.7 Å². The molecule has 0 aromatic carbocycles. The van der Waals surface area contributed by atoms with E-state index >= 15 is 0 Å². The number of hydrogen-bond acceptors (Lipinski definition) is 8. The molecule has 5 rings (SSSR count). The molecular formula is C26H30N4O4. The highest BCUT2D eigenvalue weighted by Crippen LogP contribution is 2.35. The highest BCUT2D eigenvalue weighted by molar-refractivity contribution is 5.92. The maximum absolute atomic E-state index is 12.2. The van der Waals surface area contributed by atoms with Gasteiger partial charge in [-0.2, -0.15) is 0 Å². The van der Waals surface area contributed by atoms with E-state index in [4.69, 9.17) is 29.9 Å². The van der Waals surface area contributed by atoms with E-state index in [2.05, 4.69) is 4.98 Å². The van der Waals surface area contributed by atoms with Crippen molar-refractivity contribution in [3.05, 3.63) is 58.8 Å². The zero-order valence-corrected chi connectivity index (χ0v) is 20.0. The molecule has 3 atom stereocenters. The largest absolute Gasteiger partial charge is 0.474 e. The van der Waals surface area contributed by atoms with E-state index in [0.29, 0.717) is 24.5 Å². The molecule has 178 valence electrons. The first-order valence-corrected chi connectivity index (χ1v) is 11.7. The summed E-state index contributed by atoms with van der Waals surface area (Å²) in [4.78, 5) is 26.3. The lowest BCUT2D eigenvalue weighted by atomic mass is 9.91. The standard InChI is InChI=1S/C26H30N4O4/c1-14-15(2)33-25(31)19-8-5-16(30-23(14)19)9-17-10-20-21(11-28-17)24(34-18-6-7-18)29-12-22(20)26(3,27)13-32-4/h5,8,10-12,14-15,18H,6-7,9,13,27H2,1-4H3/t14-,15+,26+/m0/s1. The summed E-state index contributed by atoms with van der Waals surface area (Å²) < 4.78 is 16.8. The molecule has 4 heterocycles. The van der Waals surface area contributed by atoms with Gasteiger partial charge in [0.25, 0.3) is 0 Å². The predicted octanol–water partition coefficient (Wildman–Crippen LogP) is 3.64. The van der Waals surface area contributed by atoms with Crippen LogP contribution in [0.1, 0.15) is 72.5 Å². The van der Waals surface area contributed by atoms with Gasteiger partial charge in [0.1, 0.15) is 12.2 Å². The van der Waals surface area contributed by atoms with Gasteiger partial charge in [-0.15, -0.1) is 0 Å². The summed E-state index contributed by atoms with van der Waals surface area (Å²) in [5.74, 6) is 0.301. The predicted molar refractivity (Wildman–Crippen MR) is 127 cm³/mol. The van der Waals surface area contributed by atoms with Crippen LogP contribution in [0, 0.1) is 0 Å². The van der Waals surface area contributed by atoms with Gasteiger partial charge in [-0.1, -0.05) is 6.92 Å². The molecule has 34 heavy (non-hydrogen) atoms. The number of aromatic nitrogens is 3. The molecule has 2 aliphatic rings. The Balaban J connectivity index is 1.54. The van der Waals surface area contributed by atoms with E-state index in [-0.39, 0.29) is 24.1 Å². The molecule has 0 unspecified atom stereocenters. The van der Waals surface area contributed by atoms with Gasteiger partial charge in [0.05, 0.1) is 28.8 Å². The van der Waals surface area contributed by atoms with Gasteiger partial charge < -0.3 is 19.9 Å². The fourth-order valence-corrected chi connectivity index (χ4v) is 4.40. The third-order valence-electron chi connectivity index (χ3n) is 6.65. The number of rotatable bonds is 7. The number of ether oxygens (including phenoxy) is 3. The zero-order valence-electron chi connectivity index (χ0n) is 20.0. The van der Waals surface area contributed by atoms with Crippen LogP contribution >= 0.6 is 0 Å². The third kappa shape index (κ3) is 4.23. The first kappa shape index (κ1) is 22.7. The van der Waals surface area contributed by atoms with Crippen LogP contribution in [-0.4, -0.2) is 46.8 Å². The van der Waals surface area contributed by atoms with Crippen LogP contribution in [0.3, 0.4) is 0 Å². The molecule has 0 radical (unpaired) electrons. The molecular weight excluding hydrogens is 432 g/mol. The quantitative estimate of drug-likeness (QED) is 0.530. The number of esters is 1. The highest BCUT2D eigenvalue weighted by Gasteiger charge is 2.32. The van der Waals surface area contributed by atoms with Crippen molar-refractivity contribution in [2.45, 2.75) is 63.7 Å². The molecule has 0 amide bonds. The van der Waals surface area contributed by atoms with E-state index in [1.807, 2.05) is 39.1 Å². The number of carbonyl (C=O) groups excluding carboxylic acids is 1. The molecule has 1 fully saturated rings. The normalized spacial score (nSPS) is 21.6. The molecule has 3 aromatic rings. The van der Waals surface area contributed by atoms with Crippen molar-refractivity contribution < 1.29 is 19.0 Å². The van der Waals surface area contributed by atoms with Gasteiger partial charge in [0.2, 0.25) is 5.88 Å². The molecule has 1 aliphatic heterocycles. The highest BCUT2D eigenvalue weighted by atomic mass is 16.5. The molecule has 0 saturated heterocycles. The summed E-state index contributed by atoms with van der Waals surface area (Å²) in [6.07, 6.45) is 6.22. The lowest BCUT2D eigenvalue weighted by Crippen LogP contribution is -2.38. The van der Waals surface area contributed by atoms with E-state index in [9.17, 15) is 4.79 Å². The Kier molecular flexibility index (Phi) is 5.73. The molecule has 3 aromatic heterocycles. The number of fused-ring (bicyclic) bond motifs is 2. The minimum absolute atomic E-state index is 0.0315. The van der Waals surface area contributed by atoms with E-state index in [0.717, 1.165) is 46.3 Å². The second-order valence-corrected chi connectivity index (χ2v) is 9.68. The summed E-state index contributed by atoms with van der Waals surface area (Å²) in [5, 5.41) is 1.78. The van der Waals surface area contributed by atoms with Crippen molar-refractivity contribution in [3.8, 4) is 5.88 Å². The maximum Gasteiger partial charge on any atom is 0.340 e. The molecule has 1 saturated carbocycles. The number of hydrogen-bond donors (Lipinski definition) is 1. The topological polar surface area (TPSA) is 109 Å². The summed E-state index contributed by atoms with van der Waals surface area (Å²) in [7, 11) is 1.64.